The van der Waals surface area contributed by atoms with Crippen LogP contribution in [0.2, 0.25) is 0 Å². The van der Waals surface area contributed by atoms with Crippen LogP contribution in [0.3, 0.4) is 0 Å². The van der Waals surface area contributed by atoms with Crippen molar-refractivity contribution >= 4 is 11.9 Å². The smallest absolute Gasteiger partial charge is 0.414 e. The normalized spacial score (nSPS) is 10.0. The Hall–Kier alpha value is -1.30. The minimum absolute atomic E-state index is 0.306. The number of likely N-dealkylation sites (N-methyl/N-ethyl adjacent to an activating group) is 2. The summed E-state index contributed by atoms with van der Waals surface area (Å²) in [6.07, 6.45) is -2.40. The minimum atomic E-state index is -1.82. The number of aliphatic carboxylic acids is 2. The minimum Gasteiger partial charge on any atom is -0.473 e. The van der Waals surface area contributed by atoms with Gasteiger partial charge in [-0.2, -0.15) is 0 Å². The maximum atomic E-state index is 9.10. The molecular formula is C10H24N2O8. The van der Waals surface area contributed by atoms with Crippen molar-refractivity contribution in [2.45, 2.75) is 12.6 Å². The number of carbonyl (C=O) groups is 2. The summed E-state index contributed by atoms with van der Waals surface area (Å²) in [4.78, 5) is 21.6. The highest BCUT2D eigenvalue weighted by Crippen LogP contribution is 1.77. The predicted molar refractivity (Wildman–Crippen MR) is 68.8 cm³/mol. The molecule has 0 aliphatic carbocycles. The number of aliphatic hydroxyl groups is 4. The molecule has 0 aromatic carbocycles. The Bertz CT molecular complexity index is 218. The first-order valence-corrected chi connectivity index (χ1v) is 5.38. The van der Waals surface area contributed by atoms with Crippen LogP contribution >= 0.6 is 0 Å². The molecule has 20 heavy (non-hydrogen) atoms. The average molecular weight is 300 g/mol. The number of hydrogen-bond acceptors (Lipinski definition) is 8. The summed E-state index contributed by atoms with van der Waals surface area (Å²) < 4.78 is 0. The van der Waals surface area contributed by atoms with Crippen molar-refractivity contribution < 1.29 is 40.2 Å². The van der Waals surface area contributed by atoms with Crippen LogP contribution in [-0.4, -0.2) is 106 Å². The maximum Gasteiger partial charge on any atom is 0.414 e. The molecular weight excluding hydrogens is 276 g/mol. The van der Waals surface area contributed by atoms with E-state index in [1.165, 1.54) is 0 Å². The second kappa shape index (κ2) is 14.1. The standard InChI is InChI=1S/2C4H11NO2.C2H2O4/c2*1-5(2)3-4(6)7;3-1(4)2(5)6/h2*4,6-7H,3H2,1-2H3;(H,3,4)(H,5,6). The van der Waals surface area contributed by atoms with E-state index in [0.29, 0.717) is 13.1 Å². The Morgan fingerprint density at radius 3 is 0.950 bits per heavy atom. The summed E-state index contributed by atoms with van der Waals surface area (Å²) >= 11 is 0. The molecule has 10 heteroatoms. The van der Waals surface area contributed by atoms with Gasteiger partial charge in [-0.3, -0.25) is 0 Å². The number of nitrogens with zero attached hydrogens (tertiary/aromatic N) is 2. The van der Waals surface area contributed by atoms with Crippen LogP contribution in [0.15, 0.2) is 0 Å². The lowest BCUT2D eigenvalue weighted by Crippen LogP contribution is -2.24. The average Bonchev–Trinajstić information content (AvgIpc) is 2.13. The molecule has 0 fully saturated rings. The van der Waals surface area contributed by atoms with Gasteiger partial charge in [-0.15, -0.1) is 0 Å². The van der Waals surface area contributed by atoms with Gasteiger partial charge in [0.15, 0.2) is 12.6 Å². The third kappa shape index (κ3) is 36.0. The fourth-order valence-electron chi connectivity index (χ4n) is 0.653. The highest BCUT2D eigenvalue weighted by atomic mass is 16.5. The van der Waals surface area contributed by atoms with E-state index < -0.39 is 24.5 Å². The van der Waals surface area contributed by atoms with Gasteiger partial charge >= 0.3 is 11.9 Å². The highest BCUT2D eigenvalue weighted by molar-refractivity contribution is 6.27. The first-order valence-electron chi connectivity index (χ1n) is 5.38. The fourth-order valence-corrected chi connectivity index (χ4v) is 0.653. The van der Waals surface area contributed by atoms with E-state index >= 15 is 0 Å². The third-order valence-electron chi connectivity index (χ3n) is 1.24. The van der Waals surface area contributed by atoms with E-state index in [-0.39, 0.29) is 0 Å². The molecule has 122 valence electrons. The van der Waals surface area contributed by atoms with E-state index in [1.807, 2.05) is 0 Å². The topological polar surface area (TPSA) is 162 Å². The lowest BCUT2D eigenvalue weighted by molar-refractivity contribution is -0.159. The van der Waals surface area contributed by atoms with Gasteiger partial charge in [0.2, 0.25) is 0 Å². The number of carboxylic acid groups (broad SMARTS) is 2. The first-order chi connectivity index (χ1) is 8.89. The fraction of sp³-hybridized carbons (Fsp3) is 0.800. The van der Waals surface area contributed by atoms with Crippen LogP contribution in [-0.2, 0) is 9.59 Å². The molecule has 0 aromatic heterocycles. The molecule has 0 saturated carbocycles. The van der Waals surface area contributed by atoms with Crippen LogP contribution in [0.25, 0.3) is 0 Å². The molecule has 0 amide bonds. The van der Waals surface area contributed by atoms with Gasteiger partial charge in [0.25, 0.3) is 0 Å². The second-order valence-corrected chi connectivity index (χ2v) is 4.10. The molecule has 0 atom stereocenters. The van der Waals surface area contributed by atoms with Crippen LogP contribution in [0.5, 0.6) is 0 Å². The largest absolute Gasteiger partial charge is 0.473 e. The summed E-state index contributed by atoms with van der Waals surface area (Å²) in [7, 11) is 7.11. The lowest BCUT2D eigenvalue weighted by Gasteiger charge is -2.09. The van der Waals surface area contributed by atoms with Crippen LogP contribution in [0.4, 0.5) is 0 Å². The number of carboxylic acids is 2. The molecule has 0 heterocycles. The summed E-state index contributed by atoms with van der Waals surface area (Å²) in [5.74, 6) is -3.65. The Morgan fingerprint density at radius 2 is 0.950 bits per heavy atom. The summed E-state index contributed by atoms with van der Waals surface area (Å²) in [5, 5.41) is 47.7. The van der Waals surface area contributed by atoms with Gasteiger partial charge in [0.1, 0.15) is 0 Å². The van der Waals surface area contributed by atoms with E-state index in [2.05, 4.69) is 0 Å². The molecule has 6 N–H and O–H groups in total. The van der Waals surface area contributed by atoms with E-state index in [0.717, 1.165) is 0 Å². The van der Waals surface area contributed by atoms with Crippen molar-refractivity contribution in [3.63, 3.8) is 0 Å². The van der Waals surface area contributed by atoms with Gasteiger partial charge < -0.3 is 40.4 Å². The van der Waals surface area contributed by atoms with Crippen LogP contribution in [0, 0.1) is 0 Å². The zero-order chi connectivity index (χ0) is 16.9. The Morgan fingerprint density at radius 1 is 0.750 bits per heavy atom. The molecule has 0 spiro atoms. The monoisotopic (exact) mass is 300 g/mol. The summed E-state index contributed by atoms with van der Waals surface area (Å²) in [6.45, 7) is 0.611. The van der Waals surface area contributed by atoms with Crippen molar-refractivity contribution in [2.24, 2.45) is 0 Å². The van der Waals surface area contributed by atoms with Gasteiger partial charge in [-0.25, -0.2) is 9.59 Å². The summed E-state index contributed by atoms with van der Waals surface area (Å²) in [6, 6.07) is 0. The van der Waals surface area contributed by atoms with E-state index in [4.69, 9.17) is 40.2 Å². The van der Waals surface area contributed by atoms with Gasteiger partial charge in [0, 0.05) is 13.1 Å². The SMILES string of the molecule is CN(C)CC(O)O.CN(C)CC(O)O.O=C(O)C(=O)O. The van der Waals surface area contributed by atoms with Gasteiger partial charge in [0.05, 0.1) is 0 Å². The molecule has 0 aromatic rings. The molecule has 0 saturated heterocycles. The number of rotatable bonds is 4. The second-order valence-electron chi connectivity index (χ2n) is 4.10. The highest BCUT2D eigenvalue weighted by Gasteiger charge is 2.04. The Balaban J connectivity index is -0.000000218. The molecule has 0 unspecified atom stereocenters. The predicted octanol–water partition coefficient (Wildman–Crippen LogP) is -3.13. The lowest BCUT2D eigenvalue weighted by atomic mass is 10.6. The maximum absolute atomic E-state index is 9.10. The van der Waals surface area contributed by atoms with Crippen LogP contribution in [0.1, 0.15) is 0 Å². The number of aliphatic hydroxyl groups excluding tert-OH is 2. The van der Waals surface area contributed by atoms with Gasteiger partial charge in [-0.1, -0.05) is 0 Å². The molecule has 0 aliphatic rings. The van der Waals surface area contributed by atoms with E-state index in [1.54, 1.807) is 38.0 Å². The van der Waals surface area contributed by atoms with Crippen molar-refractivity contribution in [1.82, 2.24) is 9.80 Å². The van der Waals surface area contributed by atoms with Gasteiger partial charge in [-0.05, 0) is 28.2 Å². The third-order valence-corrected chi connectivity index (χ3v) is 1.24. The number of hydrogen-bond donors (Lipinski definition) is 6. The molecule has 10 nitrogen and oxygen atoms in total. The molecule has 0 aliphatic heterocycles. The quantitative estimate of drug-likeness (QED) is 0.231. The van der Waals surface area contributed by atoms with Crippen LogP contribution < -0.4 is 0 Å². The molecule has 0 radical (unpaired) electrons. The Kier molecular flexibility index (Phi) is 16.8. The Labute approximate surface area is 117 Å². The van der Waals surface area contributed by atoms with E-state index in [9.17, 15) is 0 Å². The van der Waals surface area contributed by atoms with Crippen molar-refractivity contribution in [2.75, 3.05) is 41.3 Å². The van der Waals surface area contributed by atoms with Crippen molar-refractivity contribution in [3.05, 3.63) is 0 Å². The first kappa shape index (κ1) is 23.8. The zero-order valence-electron chi connectivity index (χ0n) is 12.0. The zero-order valence-corrected chi connectivity index (χ0v) is 12.0. The molecule has 0 bridgehead atoms. The van der Waals surface area contributed by atoms with Crippen molar-refractivity contribution in [3.8, 4) is 0 Å². The van der Waals surface area contributed by atoms with Crippen molar-refractivity contribution in [1.29, 1.82) is 0 Å². The molecule has 0 rings (SSSR count). The summed E-state index contributed by atoms with van der Waals surface area (Å²) in [5.41, 5.74) is 0.